The smallest absolute Gasteiger partial charge is 0.203 e. The van der Waals surface area contributed by atoms with E-state index in [9.17, 15) is 0 Å². The quantitative estimate of drug-likeness (QED) is 0.542. The van der Waals surface area contributed by atoms with Crippen LogP contribution in [0.25, 0.3) is 33.3 Å². The van der Waals surface area contributed by atoms with Gasteiger partial charge < -0.3 is 24.2 Å². The molecule has 26 heavy (non-hydrogen) atoms. The number of fused-ring (bicyclic) bond motifs is 1. The molecule has 0 aliphatic carbocycles. The van der Waals surface area contributed by atoms with Crippen molar-refractivity contribution in [3.8, 4) is 39.6 Å². The SMILES string of the molecule is COc1cc(-c2cc(-c3ccc4[nH]ccc4c3)c[nH]2)cc(OC)c1OC. The Morgan fingerprint density at radius 2 is 1.46 bits per heavy atom. The monoisotopic (exact) mass is 348 g/mol. The number of H-pyrrole nitrogens is 2. The lowest BCUT2D eigenvalue weighted by Crippen LogP contribution is -1.95. The molecule has 0 amide bonds. The second-order valence-corrected chi connectivity index (χ2v) is 6.00. The van der Waals surface area contributed by atoms with Gasteiger partial charge in [0.1, 0.15) is 0 Å². The molecule has 0 radical (unpaired) electrons. The number of rotatable bonds is 5. The van der Waals surface area contributed by atoms with Gasteiger partial charge >= 0.3 is 0 Å². The first-order valence-corrected chi connectivity index (χ1v) is 8.30. The van der Waals surface area contributed by atoms with Gasteiger partial charge in [-0.2, -0.15) is 0 Å². The van der Waals surface area contributed by atoms with Crippen molar-refractivity contribution in [1.82, 2.24) is 9.97 Å². The summed E-state index contributed by atoms with van der Waals surface area (Å²) in [6.45, 7) is 0. The summed E-state index contributed by atoms with van der Waals surface area (Å²) in [4.78, 5) is 6.56. The number of aromatic amines is 2. The molecule has 5 heteroatoms. The first-order chi connectivity index (χ1) is 12.7. The zero-order chi connectivity index (χ0) is 18.1. The number of nitrogens with one attached hydrogen (secondary N) is 2. The lowest BCUT2D eigenvalue weighted by Gasteiger charge is -2.13. The first-order valence-electron chi connectivity index (χ1n) is 8.30. The number of hydrogen-bond donors (Lipinski definition) is 2. The minimum absolute atomic E-state index is 0.587. The van der Waals surface area contributed by atoms with Gasteiger partial charge in [0.15, 0.2) is 11.5 Å². The van der Waals surface area contributed by atoms with Crippen molar-refractivity contribution in [2.24, 2.45) is 0 Å². The van der Waals surface area contributed by atoms with E-state index in [-0.39, 0.29) is 0 Å². The summed E-state index contributed by atoms with van der Waals surface area (Å²) >= 11 is 0. The van der Waals surface area contributed by atoms with Crippen LogP contribution >= 0.6 is 0 Å². The number of aromatic nitrogens is 2. The highest BCUT2D eigenvalue weighted by molar-refractivity contribution is 5.86. The van der Waals surface area contributed by atoms with E-state index in [1.165, 1.54) is 5.39 Å². The van der Waals surface area contributed by atoms with Crippen LogP contribution in [-0.4, -0.2) is 31.3 Å². The van der Waals surface area contributed by atoms with E-state index in [0.717, 1.165) is 27.9 Å². The molecule has 0 saturated heterocycles. The fourth-order valence-corrected chi connectivity index (χ4v) is 3.20. The van der Waals surface area contributed by atoms with Crippen LogP contribution in [0.3, 0.4) is 0 Å². The Hall–Kier alpha value is -3.34. The van der Waals surface area contributed by atoms with Crippen LogP contribution in [0, 0.1) is 0 Å². The summed E-state index contributed by atoms with van der Waals surface area (Å²) in [5, 5.41) is 1.19. The molecule has 2 aromatic heterocycles. The minimum atomic E-state index is 0.587. The van der Waals surface area contributed by atoms with Crippen LogP contribution in [0.2, 0.25) is 0 Å². The average molecular weight is 348 g/mol. The normalized spacial score (nSPS) is 10.9. The van der Waals surface area contributed by atoms with Crippen molar-refractivity contribution in [1.29, 1.82) is 0 Å². The second kappa shape index (κ2) is 6.52. The molecule has 0 fully saturated rings. The lowest BCUT2D eigenvalue weighted by molar-refractivity contribution is 0.324. The molecule has 4 aromatic rings. The van der Waals surface area contributed by atoms with E-state index in [1.54, 1.807) is 21.3 Å². The highest BCUT2D eigenvalue weighted by atomic mass is 16.5. The van der Waals surface area contributed by atoms with Crippen LogP contribution in [0.15, 0.2) is 54.9 Å². The fourth-order valence-electron chi connectivity index (χ4n) is 3.20. The van der Waals surface area contributed by atoms with Crippen molar-refractivity contribution in [2.75, 3.05) is 21.3 Å². The predicted octanol–water partition coefficient (Wildman–Crippen LogP) is 4.86. The van der Waals surface area contributed by atoms with Crippen molar-refractivity contribution in [3.05, 3.63) is 54.9 Å². The van der Waals surface area contributed by atoms with Gasteiger partial charge in [-0.3, -0.25) is 0 Å². The third kappa shape index (κ3) is 2.67. The first kappa shape index (κ1) is 16.1. The van der Waals surface area contributed by atoms with Gasteiger partial charge in [0, 0.05) is 29.2 Å². The number of benzene rings is 2. The summed E-state index contributed by atoms with van der Waals surface area (Å²) in [6.07, 6.45) is 3.96. The number of ether oxygens (including phenoxy) is 3. The van der Waals surface area contributed by atoms with E-state index in [4.69, 9.17) is 14.2 Å². The maximum Gasteiger partial charge on any atom is 0.203 e. The molecule has 2 heterocycles. The Morgan fingerprint density at radius 1 is 0.692 bits per heavy atom. The molecule has 5 nitrogen and oxygen atoms in total. The molecule has 0 spiro atoms. The summed E-state index contributed by atoms with van der Waals surface area (Å²) in [5.41, 5.74) is 5.36. The molecule has 2 N–H and O–H groups in total. The minimum Gasteiger partial charge on any atom is -0.493 e. The van der Waals surface area contributed by atoms with Crippen LogP contribution < -0.4 is 14.2 Å². The Kier molecular flexibility index (Phi) is 4.05. The van der Waals surface area contributed by atoms with Crippen LogP contribution in [0.5, 0.6) is 17.2 Å². The Balaban J connectivity index is 1.75. The van der Waals surface area contributed by atoms with Gasteiger partial charge in [0.2, 0.25) is 5.75 Å². The van der Waals surface area contributed by atoms with Crippen molar-refractivity contribution < 1.29 is 14.2 Å². The third-order valence-corrected chi connectivity index (χ3v) is 4.55. The zero-order valence-electron chi connectivity index (χ0n) is 14.9. The van der Waals surface area contributed by atoms with E-state index in [2.05, 4.69) is 40.3 Å². The summed E-state index contributed by atoms with van der Waals surface area (Å²) in [5.74, 6) is 1.85. The lowest BCUT2D eigenvalue weighted by atomic mass is 10.1. The highest BCUT2D eigenvalue weighted by Gasteiger charge is 2.15. The molecule has 2 aromatic carbocycles. The largest absolute Gasteiger partial charge is 0.493 e. The molecule has 0 saturated carbocycles. The molecule has 0 aliphatic heterocycles. The molecule has 0 aliphatic rings. The maximum atomic E-state index is 5.45. The van der Waals surface area contributed by atoms with Gasteiger partial charge in [-0.05, 0) is 52.9 Å². The molecule has 0 bridgehead atoms. The summed E-state index contributed by atoms with van der Waals surface area (Å²) in [7, 11) is 4.84. The third-order valence-electron chi connectivity index (χ3n) is 4.55. The topological polar surface area (TPSA) is 59.3 Å². The van der Waals surface area contributed by atoms with Crippen molar-refractivity contribution in [2.45, 2.75) is 0 Å². The van der Waals surface area contributed by atoms with Gasteiger partial charge in [-0.25, -0.2) is 0 Å². The van der Waals surface area contributed by atoms with E-state index >= 15 is 0 Å². The predicted molar refractivity (Wildman–Crippen MR) is 103 cm³/mol. The number of hydrogen-bond acceptors (Lipinski definition) is 3. The molecule has 132 valence electrons. The van der Waals surface area contributed by atoms with Crippen molar-refractivity contribution in [3.63, 3.8) is 0 Å². The maximum absolute atomic E-state index is 5.45. The van der Waals surface area contributed by atoms with Crippen molar-refractivity contribution >= 4 is 10.9 Å². The summed E-state index contributed by atoms with van der Waals surface area (Å²) < 4.78 is 16.3. The Bertz CT molecular complexity index is 1040. The zero-order valence-corrected chi connectivity index (χ0v) is 14.9. The number of methoxy groups -OCH3 is 3. The van der Waals surface area contributed by atoms with Gasteiger partial charge in [-0.1, -0.05) is 6.07 Å². The fraction of sp³-hybridized carbons (Fsp3) is 0.143. The standard InChI is InChI=1S/C21H20N2O3/c1-24-19-10-15(11-20(25-2)21(19)26-3)18-9-16(12-23-18)13-4-5-17-14(8-13)6-7-22-17/h4-12,22-23H,1-3H3. The van der Waals surface area contributed by atoms with E-state index < -0.39 is 0 Å². The Morgan fingerprint density at radius 3 is 2.15 bits per heavy atom. The highest BCUT2D eigenvalue weighted by Crippen LogP contribution is 2.41. The average Bonchev–Trinajstić information content (AvgIpc) is 3.35. The van der Waals surface area contributed by atoms with Gasteiger partial charge in [0.25, 0.3) is 0 Å². The van der Waals surface area contributed by atoms with Crippen LogP contribution in [0.4, 0.5) is 0 Å². The van der Waals surface area contributed by atoms with Crippen LogP contribution in [-0.2, 0) is 0 Å². The second-order valence-electron chi connectivity index (χ2n) is 6.00. The Labute approximate surface area is 151 Å². The van der Waals surface area contributed by atoms with Gasteiger partial charge in [-0.15, -0.1) is 0 Å². The van der Waals surface area contributed by atoms with Crippen LogP contribution in [0.1, 0.15) is 0 Å². The van der Waals surface area contributed by atoms with E-state index in [0.29, 0.717) is 17.2 Å². The molecule has 0 atom stereocenters. The molecular weight excluding hydrogens is 328 g/mol. The van der Waals surface area contributed by atoms with Gasteiger partial charge in [0.05, 0.1) is 21.3 Å². The molecule has 4 rings (SSSR count). The summed E-state index contributed by atoms with van der Waals surface area (Å²) in [6, 6.07) is 14.4. The van der Waals surface area contributed by atoms with E-state index in [1.807, 2.05) is 24.5 Å². The molecular formula is C21H20N2O3. The molecule has 0 unspecified atom stereocenters.